The molecule has 6 nitrogen and oxygen atoms in total. The molecule has 4 N–H and O–H groups in total. The number of carbonyl (C=O) groups is 2. The average Bonchev–Trinajstić information content (AvgIpc) is 3.02. The Morgan fingerprint density at radius 2 is 1.67 bits per heavy atom. The highest BCUT2D eigenvalue weighted by Gasteiger charge is 2.51. The second-order valence-electron chi connectivity index (χ2n) is 6.80. The molecule has 3 aliphatic rings. The summed E-state index contributed by atoms with van der Waals surface area (Å²) in [6.45, 7) is 0. The van der Waals surface area contributed by atoms with E-state index in [-0.39, 0.29) is 30.0 Å². The van der Waals surface area contributed by atoms with Gasteiger partial charge < -0.3 is 20.8 Å². The lowest BCUT2D eigenvalue weighted by Crippen LogP contribution is -2.54. The zero-order chi connectivity index (χ0) is 15.0. The molecule has 3 saturated carbocycles. The summed E-state index contributed by atoms with van der Waals surface area (Å²) in [5.74, 6) is -0.757. The van der Waals surface area contributed by atoms with Crippen LogP contribution in [0.4, 0.5) is 4.79 Å². The van der Waals surface area contributed by atoms with Gasteiger partial charge in [0.25, 0.3) is 0 Å². The van der Waals surface area contributed by atoms with Gasteiger partial charge in [0.05, 0.1) is 18.1 Å². The minimum atomic E-state index is -0.801. The first-order valence-electron chi connectivity index (χ1n) is 8.04. The molecule has 6 heteroatoms. The summed E-state index contributed by atoms with van der Waals surface area (Å²) in [5.41, 5.74) is 0. The number of aliphatic carboxylic acids is 1. The molecule has 6 atom stereocenters. The van der Waals surface area contributed by atoms with Crippen LogP contribution in [0.2, 0.25) is 0 Å². The molecule has 0 radical (unpaired) electrons. The number of aliphatic hydroxyl groups excluding tert-OH is 1. The minimum absolute atomic E-state index is 0.207. The van der Waals surface area contributed by atoms with E-state index in [0.29, 0.717) is 0 Å². The van der Waals surface area contributed by atoms with Gasteiger partial charge in [-0.05, 0) is 43.9 Å². The van der Waals surface area contributed by atoms with Gasteiger partial charge in [-0.15, -0.1) is 0 Å². The normalized spacial score (nSPS) is 41.8. The van der Waals surface area contributed by atoms with Gasteiger partial charge in [0.2, 0.25) is 0 Å². The summed E-state index contributed by atoms with van der Waals surface area (Å²) >= 11 is 0. The molecule has 0 spiro atoms. The standard InChI is InChI=1S/C15H24N2O4/c18-11-4-2-1-3-10(11)16-15(21)17-13-9-6-5-8(7-9)12(13)14(19)20/h8-13,18H,1-7H2,(H,19,20)(H2,16,17,21). The first-order valence-corrected chi connectivity index (χ1v) is 8.04. The van der Waals surface area contributed by atoms with Crippen molar-refractivity contribution in [2.75, 3.05) is 0 Å². The maximum atomic E-state index is 12.1. The molecule has 3 fully saturated rings. The quantitative estimate of drug-likeness (QED) is 0.626. The maximum Gasteiger partial charge on any atom is 0.315 e. The van der Waals surface area contributed by atoms with E-state index in [1.165, 1.54) is 0 Å². The van der Waals surface area contributed by atoms with Gasteiger partial charge in [0.1, 0.15) is 0 Å². The Balaban J connectivity index is 1.58. The summed E-state index contributed by atoms with van der Waals surface area (Å²) in [4.78, 5) is 23.5. The predicted octanol–water partition coefficient (Wildman–Crippen LogP) is 1.09. The smallest absolute Gasteiger partial charge is 0.315 e. The third-order valence-electron chi connectivity index (χ3n) is 5.55. The van der Waals surface area contributed by atoms with Crippen molar-refractivity contribution in [2.45, 2.75) is 63.1 Å². The number of amides is 2. The number of carboxylic acids is 1. The molecule has 0 heterocycles. The molecule has 2 bridgehead atoms. The number of carbonyl (C=O) groups excluding carboxylic acids is 1. The van der Waals surface area contributed by atoms with E-state index in [2.05, 4.69) is 10.6 Å². The summed E-state index contributed by atoms with van der Waals surface area (Å²) in [6, 6.07) is -0.799. The molecule has 21 heavy (non-hydrogen) atoms. The molecule has 0 aromatic heterocycles. The van der Waals surface area contributed by atoms with Crippen LogP contribution < -0.4 is 10.6 Å². The number of nitrogens with one attached hydrogen (secondary N) is 2. The van der Waals surface area contributed by atoms with Gasteiger partial charge in [0.15, 0.2) is 0 Å². The van der Waals surface area contributed by atoms with Crippen molar-refractivity contribution in [3.63, 3.8) is 0 Å². The summed E-state index contributed by atoms with van der Waals surface area (Å²) < 4.78 is 0. The summed E-state index contributed by atoms with van der Waals surface area (Å²) in [6.07, 6.45) is 5.90. The van der Waals surface area contributed by atoms with E-state index in [1.807, 2.05) is 0 Å². The van der Waals surface area contributed by atoms with Crippen LogP contribution in [0, 0.1) is 17.8 Å². The van der Waals surface area contributed by atoms with Crippen LogP contribution in [0.5, 0.6) is 0 Å². The molecule has 0 saturated heterocycles. The van der Waals surface area contributed by atoms with E-state index in [4.69, 9.17) is 0 Å². The van der Waals surface area contributed by atoms with Crippen LogP contribution >= 0.6 is 0 Å². The van der Waals surface area contributed by atoms with Gasteiger partial charge in [-0.1, -0.05) is 12.8 Å². The van der Waals surface area contributed by atoms with E-state index < -0.39 is 18.0 Å². The Morgan fingerprint density at radius 1 is 0.952 bits per heavy atom. The number of urea groups is 1. The fraction of sp³-hybridized carbons (Fsp3) is 0.867. The number of carboxylic acid groups (broad SMARTS) is 1. The number of rotatable bonds is 3. The van der Waals surface area contributed by atoms with Gasteiger partial charge >= 0.3 is 12.0 Å². The Bertz CT molecular complexity index is 428. The highest BCUT2D eigenvalue weighted by atomic mass is 16.4. The third kappa shape index (κ3) is 2.86. The van der Waals surface area contributed by atoms with Crippen molar-refractivity contribution in [1.82, 2.24) is 10.6 Å². The first kappa shape index (κ1) is 14.6. The zero-order valence-corrected chi connectivity index (χ0v) is 12.1. The molecule has 3 rings (SSSR count). The number of fused-ring (bicyclic) bond motifs is 2. The largest absolute Gasteiger partial charge is 0.481 e. The van der Waals surface area contributed by atoms with Gasteiger partial charge in [-0.25, -0.2) is 4.79 Å². The molecule has 0 aromatic carbocycles. The topological polar surface area (TPSA) is 98.7 Å². The summed E-state index contributed by atoms with van der Waals surface area (Å²) in [5, 5.41) is 24.9. The molecule has 3 aliphatic carbocycles. The highest BCUT2D eigenvalue weighted by molar-refractivity contribution is 5.77. The fourth-order valence-electron chi connectivity index (χ4n) is 4.50. The lowest BCUT2D eigenvalue weighted by Gasteiger charge is -2.32. The molecule has 0 aromatic rings. The van der Waals surface area contributed by atoms with Gasteiger partial charge in [-0.3, -0.25) is 4.79 Å². The number of aliphatic hydroxyl groups is 1. The van der Waals surface area contributed by atoms with Crippen LogP contribution in [-0.2, 0) is 4.79 Å². The van der Waals surface area contributed by atoms with E-state index in [1.54, 1.807) is 0 Å². The maximum absolute atomic E-state index is 12.1. The molecule has 6 unspecified atom stereocenters. The molecule has 118 valence electrons. The summed E-state index contributed by atoms with van der Waals surface area (Å²) in [7, 11) is 0. The number of hydrogen-bond donors (Lipinski definition) is 4. The Morgan fingerprint density at radius 3 is 2.38 bits per heavy atom. The van der Waals surface area contributed by atoms with Gasteiger partial charge in [0, 0.05) is 6.04 Å². The second kappa shape index (κ2) is 5.83. The zero-order valence-electron chi connectivity index (χ0n) is 12.1. The predicted molar refractivity (Wildman–Crippen MR) is 75.7 cm³/mol. The van der Waals surface area contributed by atoms with Gasteiger partial charge in [-0.2, -0.15) is 0 Å². The van der Waals surface area contributed by atoms with Crippen LogP contribution in [0.1, 0.15) is 44.9 Å². The van der Waals surface area contributed by atoms with Crippen molar-refractivity contribution < 1.29 is 19.8 Å². The second-order valence-corrected chi connectivity index (χ2v) is 6.80. The van der Waals surface area contributed by atoms with E-state index in [9.17, 15) is 19.8 Å². The third-order valence-corrected chi connectivity index (χ3v) is 5.55. The molecular formula is C15H24N2O4. The molecular weight excluding hydrogens is 272 g/mol. The van der Waals surface area contributed by atoms with Crippen LogP contribution in [0.3, 0.4) is 0 Å². The first-order chi connectivity index (χ1) is 10.1. The van der Waals surface area contributed by atoms with E-state index >= 15 is 0 Å². The van der Waals surface area contributed by atoms with Crippen molar-refractivity contribution in [2.24, 2.45) is 17.8 Å². The van der Waals surface area contributed by atoms with Crippen molar-refractivity contribution in [3.05, 3.63) is 0 Å². The van der Waals surface area contributed by atoms with Crippen LogP contribution in [0.25, 0.3) is 0 Å². The minimum Gasteiger partial charge on any atom is -0.481 e. The highest BCUT2D eigenvalue weighted by Crippen LogP contribution is 2.48. The van der Waals surface area contributed by atoms with Crippen LogP contribution in [-0.4, -0.2) is 40.4 Å². The van der Waals surface area contributed by atoms with Crippen molar-refractivity contribution >= 4 is 12.0 Å². The average molecular weight is 296 g/mol. The monoisotopic (exact) mass is 296 g/mol. The SMILES string of the molecule is O=C(NC1CCCCC1O)NC1C2CCC(C2)C1C(=O)O. The Kier molecular flexibility index (Phi) is 4.06. The number of hydrogen-bond acceptors (Lipinski definition) is 3. The van der Waals surface area contributed by atoms with E-state index in [0.717, 1.165) is 44.9 Å². The van der Waals surface area contributed by atoms with Crippen LogP contribution in [0.15, 0.2) is 0 Å². The lowest BCUT2D eigenvalue weighted by molar-refractivity contribution is -0.144. The molecule has 0 aliphatic heterocycles. The Labute approximate surface area is 124 Å². The Hall–Kier alpha value is -1.30. The van der Waals surface area contributed by atoms with Crippen molar-refractivity contribution in [3.8, 4) is 0 Å². The molecule has 2 amide bonds. The van der Waals surface area contributed by atoms with Crippen molar-refractivity contribution in [1.29, 1.82) is 0 Å². The fourth-order valence-corrected chi connectivity index (χ4v) is 4.50. The lowest BCUT2D eigenvalue weighted by atomic mass is 9.84.